The highest BCUT2D eigenvalue weighted by Crippen LogP contribution is 2.49. The average Bonchev–Trinajstić information content (AvgIpc) is 3.07. The van der Waals surface area contributed by atoms with Gasteiger partial charge in [0.25, 0.3) is 0 Å². The van der Waals surface area contributed by atoms with Gasteiger partial charge in [-0.25, -0.2) is 4.98 Å². The number of hydrogen-bond donors (Lipinski definition) is 1. The second-order valence-corrected chi connectivity index (χ2v) is 7.49. The molecule has 1 unspecified atom stereocenters. The Labute approximate surface area is 144 Å². The maximum absolute atomic E-state index is 12.9. The molecule has 2 N–H and O–H groups in total. The second kappa shape index (κ2) is 5.59. The molecule has 1 aromatic rings. The Kier molecular flexibility index (Phi) is 3.72. The summed E-state index contributed by atoms with van der Waals surface area (Å²) in [6.07, 6.45) is -0.0304. The van der Waals surface area contributed by atoms with E-state index in [0.29, 0.717) is 25.5 Å². The van der Waals surface area contributed by atoms with Gasteiger partial charge in [0.2, 0.25) is 5.91 Å². The summed E-state index contributed by atoms with van der Waals surface area (Å²) < 4.78 is 38.8. The van der Waals surface area contributed by atoms with Gasteiger partial charge < -0.3 is 15.5 Å². The number of rotatable bonds is 1. The van der Waals surface area contributed by atoms with Crippen LogP contribution in [-0.2, 0) is 11.0 Å². The number of piperazine rings is 1. The van der Waals surface area contributed by atoms with Gasteiger partial charge in [-0.1, -0.05) is 0 Å². The number of carbonyl (C=O) groups excluding carboxylic acids is 1. The van der Waals surface area contributed by atoms with E-state index in [0.717, 1.165) is 37.8 Å². The molecule has 25 heavy (non-hydrogen) atoms. The fraction of sp³-hybridized carbons (Fsp3) is 0.647. The summed E-state index contributed by atoms with van der Waals surface area (Å²) in [4.78, 5) is 20.7. The highest BCUT2D eigenvalue weighted by molar-refractivity contribution is 5.86. The molecule has 3 fully saturated rings. The third-order valence-electron chi connectivity index (χ3n) is 5.87. The van der Waals surface area contributed by atoms with Crippen molar-refractivity contribution in [2.45, 2.75) is 43.9 Å². The molecule has 136 valence electrons. The van der Waals surface area contributed by atoms with Crippen LogP contribution in [0, 0.1) is 5.41 Å². The molecule has 1 aliphatic carbocycles. The SMILES string of the molecule is N[C@@H]1CC[C@@]2(CC3CN(c4cc(C(F)(F)F)ccn4)CCN3C2=O)C1. The van der Waals surface area contributed by atoms with E-state index in [-0.39, 0.29) is 23.4 Å². The minimum atomic E-state index is -4.38. The Morgan fingerprint density at radius 2 is 2.08 bits per heavy atom. The van der Waals surface area contributed by atoms with Gasteiger partial charge in [0.05, 0.1) is 17.0 Å². The summed E-state index contributed by atoms with van der Waals surface area (Å²) in [6.45, 7) is 1.55. The maximum atomic E-state index is 12.9. The fourth-order valence-electron chi connectivity index (χ4n) is 4.66. The number of nitrogens with two attached hydrogens (primary N) is 1. The summed E-state index contributed by atoms with van der Waals surface area (Å²) >= 11 is 0. The first-order valence-electron chi connectivity index (χ1n) is 8.63. The minimum absolute atomic E-state index is 0.0305. The van der Waals surface area contributed by atoms with Crippen molar-refractivity contribution in [1.82, 2.24) is 9.88 Å². The van der Waals surface area contributed by atoms with Crippen LogP contribution in [0.3, 0.4) is 0 Å². The normalized spacial score (nSPS) is 32.6. The van der Waals surface area contributed by atoms with Gasteiger partial charge >= 0.3 is 6.18 Å². The van der Waals surface area contributed by atoms with Crippen LogP contribution in [0.1, 0.15) is 31.2 Å². The van der Waals surface area contributed by atoms with Crippen LogP contribution < -0.4 is 10.6 Å². The zero-order valence-corrected chi connectivity index (χ0v) is 13.8. The lowest BCUT2D eigenvalue weighted by molar-refractivity contribution is -0.137. The number of alkyl halides is 3. The lowest BCUT2D eigenvalue weighted by Gasteiger charge is -2.38. The molecular formula is C17H21F3N4O. The van der Waals surface area contributed by atoms with Gasteiger partial charge in [-0.2, -0.15) is 13.2 Å². The predicted octanol–water partition coefficient (Wildman–Crippen LogP) is 2.02. The molecule has 1 aromatic heterocycles. The summed E-state index contributed by atoms with van der Waals surface area (Å²) in [5, 5.41) is 0. The molecule has 4 rings (SSSR count). The maximum Gasteiger partial charge on any atom is 0.416 e. The summed E-state index contributed by atoms with van der Waals surface area (Å²) in [5.41, 5.74) is 4.98. The molecule has 0 radical (unpaired) electrons. The van der Waals surface area contributed by atoms with E-state index in [9.17, 15) is 18.0 Å². The lowest BCUT2D eigenvalue weighted by atomic mass is 9.83. The summed E-state index contributed by atoms with van der Waals surface area (Å²) in [6, 6.07) is 2.18. The standard InChI is InChI=1S/C17H21F3N4O/c18-17(19,20)11-2-4-22-14(7-11)23-5-6-24-13(10-23)9-16(15(24)25)3-1-12(21)8-16/h2,4,7,12-13H,1,3,5-6,8-10,21H2/t12-,13?,16+/m1/s1. The Morgan fingerprint density at radius 3 is 2.76 bits per heavy atom. The molecule has 1 spiro atoms. The number of amides is 1. The van der Waals surface area contributed by atoms with E-state index in [1.165, 1.54) is 6.20 Å². The third kappa shape index (κ3) is 2.76. The molecule has 2 aliphatic heterocycles. The number of hydrogen-bond acceptors (Lipinski definition) is 4. The quantitative estimate of drug-likeness (QED) is 0.838. The average molecular weight is 354 g/mol. The van der Waals surface area contributed by atoms with Crippen molar-refractivity contribution in [3.05, 3.63) is 23.9 Å². The number of carbonyl (C=O) groups is 1. The first-order valence-corrected chi connectivity index (χ1v) is 8.63. The van der Waals surface area contributed by atoms with Crippen molar-refractivity contribution in [2.24, 2.45) is 11.1 Å². The van der Waals surface area contributed by atoms with Crippen molar-refractivity contribution >= 4 is 11.7 Å². The molecule has 8 heteroatoms. The van der Waals surface area contributed by atoms with E-state index >= 15 is 0 Å². The van der Waals surface area contributed by atoms with Gasteiger partial charge in [-0.05, 0) is 37.8 Å². The van der Waals surface area contributed by atoms with Crippen molar-refractivity contribution in [3.63, 3.8) is 0 Å². The molecule has 0 bridgehead atoms. The van der Waals surface area contributed by atoms with Gasteiger partial charge in [-0.15, -0.1) is 0 Å². The van der Waals surface area contributed by atoms with Crippen molar-refractivity contribution < 1.29 is 18.0 Å². The van der Waals surface area contributed by atoms with E-state index in [2.05, 4.69) is 4.98 Å². The number of anilines is 1. The van der Waals surface area contributed by atoms with Gasteiger partial charge in [0.15, 0.2) is 0 Å². The summed E-state index contributed by atoms with van der Waals surface area (Å²) in [5.74, 6) is 0.507. The fourth-order valence-corrected chi connectivity index (χ4v) is 4.66. The zero-order chi connectivity index (χ0) is 17.8. The number of pyridine rings is 1. The third-order valence-corrected chi connectivity index (χ3v) is 5.87. The zero-order valence-electron chi connectivity index (χ0n) is 13.8. The number of nitrogens with zero attached hydrogens (tertiary/aromatic N) is 3. The molecule has 3 atom stereocenters. The number of fused-ring (bicyclic) bond motifs is 1. The molecule has 1 amide bonds. The number of halogens is 3. The first kappa shape index (κ1) is 16.6. The van der Waals surface area contributed by atoms with Crippen LogP contribution in [0.4, 0.5) is 19.0 Å². The van der Waals surface area contributed by atoms with Gasteiger partial charge in [0.1, 0.15) is 5.82 Å². The largest absolute Gasteiger partial charge is 0.416 e. The van der Waals surface area contributed by atoms with Crippen molar-refractivity contribution in [2.75, 3.05) is 24.5 Å². The minimum Gasteiger partial charge on any atom is -0.353 e. The molecule has 2 saturated heterocycles. The Morgan fingerprint density at radius 1 is 1.28 bits per heavy atom. The van der Waals surface area contributed by atoms with Crippen LogP contribution in [0.25, 0.3) is 0 Å². The molecule has 3 heterocycles. The van der Waals surface area contributed by atoms with E-state index < -0.39 is 11.7 Å². The van der Waals surface area contributed by atoms with Crippen LogP contribution in [0.5, 0.6) is 0 Å². The molecule has 5 nitrogen and oxygen atoms in total. The van der Waals surface area contributed by atoms with E-state index in [1.807, 2.05) is 9.80 Å². The van der Waals surface area contributed by atoms with E-state index in [4.69, 9.17) is 5.73 Å². The Bertz CT molecular complexity index is 695. The smallest absolute Gasteiger partial charge is 0.353 e. The lowest BCUT2D eigenvalue weighted by Crippen LogP contribution is -2.52. The van der Waals surface area contributed by atoms with E-state index in [1.54, 1.807) is 0 Å². The Hall–Kier alpha value is -1.83. The van der Waals surface area contributed by atoms with Crippen LogP contribution in [0.15, 0.2) is 18.3 Å². The van der Waals surface area contributed by atoms with Crippen LogP contribution in [0.2, 0.25) is 0 Å². The Balaban J connectivity index is 1.53. The van der Waals surface area contributed by atoms with Crippen molar-refractivity contribution in [3.8, 4) is 0 Å². The highest BCUT2D eigenvalue weighted by Gasteiger charge is 2.55. The van der Waals surface area contributed by atoms with Crippen molar-refractivity contribution in [1.29, 1.82) is 0 Å². The van der Waals surface area contributed by atoms with Crippen LogP contribution >= 0.6 is 0 Å². The molecule has 1 saturated carbocycles. The molecule has 0 aromatic carbocycles. The topological polar surface area (TPSA) is 62.5 Å². The monoisotopic (exact) mass is 354 g/mol. The first-order chi connectivity index (χ1) is 11.8. The second-order valence-electron chi connectivity index (χ2n) is 7.49. The number of aromatic nitrogens is 1. The van der Waals surface area contributed by atoms with Crippen LogP contribution in [-0.4, -0.2) is 47.5 Å². The predicted molar refractivity (Wildman–Crippen MR) is 85.8 cm³/mol. The summed E-state index contributed by atoms with van der Waals surface area (Å²) in [7, 11) is 0. The molecule has 3 aliphatic rings. The van der Waals surface area contributed by atoms with Gasteiger partial charge in [-0.3, -0.25) is 4.79 Å². The highest BCUT2D eigenvalue weighted by atomic mass is 19.4. The molecular weight excluding hydrogens is 333 g/mol. The van der Waals surface area contributed by atoms with Gasteiger partial charge in [0, 0.05) is 31.9 Å².